The van der Waals surface area contributed by atoms with Crippen molar-refractivity contribution in [2.24, 2.45) is 0 Å². The van der Waals surface area contributed by atoms with Crippen LogP contribution in [0.5, 0.6) is 0 Å². The normalized spacial score (nSPS) is 20.5. The maximum atomic E-state index is 14.0. The molecule has 0 fully saturated rings. The van der Waals surface area contributed by atoms with E-state index in [2.05, 4.69) is 10.1 Å². The molecule has 2 aromatic heterocycles. The molecule has 0 aromatic carbocycles. The molecule has 142 valence electrons. The van der Waals surface area contributed by atoms with Crippen LogP contribution in [0.15, 0.2) is 12.3 Å². The summed E-state index contributed by atoms with van der Waals surface area (Å²) in [4.78, 5) is 17.7. The van der Waals surface area contributed by atoms with E-state index in [4.69, 9.17) is 4.74 Å². The molecule has 0 saturated carbocycles. The Morgan fingerprint density at radius 2 is 2.00 bits per heavy atom. The maximum absolute atomic E-state index is 14.0. The molecule has 2 aromatic rings. The molecule has 3 heterocycles. The van der Waals surface area contributed by atoms with Crippen molar-refractivity contribution >= 4 is 17.4 Å². The van der Waals surface area contributed by atoms with Crippen LogP contribution in [0.3, 0.4) is 0 Å². The first kappa shape index (κ1) is 18.5. The fraction of sp³-hybridized carbons (Fsp3) is 0.588. The van der Waals surface area contributed by atoms with Gasteiger partial charge in [-0.25, -0.2) is 14.3 Å². The van der Waals surface area contributed by atoms with E-state index in [0.29, 0.717) is 17.8 Å². The Morgan fingerprint density at radius 3 is 2.54 bits per heavy atom. The van der Waals surface area contributed by atoms with Crippen molar-refractivity contribution in [2.45, 2.75) is 58.2 Å². The van der Waals surface area contributed by atoms with Gasteiger partial charge >= 0.3 is 12.3 Å². The summed E-state index contributed by atoms with van der Waals surface area (Å²) in [5.74, 6) is 0. The Labute approximate surface area is 148 Å². The van der Waals surface area contributed by atoms with Gasteiger partial charge in [0.2, 0.25) is 0 Å². The highest BCUT2D eigenvalue weighted by molar-refractivity contribution is 5.91. The number of hydrogen-bond donors (Lipinski definition) is 0. The molecule has 0 bridgehead atoms. The number of rotatable bonds is 1. The Morgan fingerprint density at radius 1 is 1.35 bits per heavy atom. The summed E-state index contributed by atoms with van der Waals surface area (Å²) >= 11 is 0. The summed E-state index contributed by atoms with van der Waals surface area (Å²) in [7, 11) is 0. The fourth-order valence-electron chi connectivity index (χ4n) is 3.04. The average molecular weight is 370 g/mol. The van der Waals surface area contributed by atoms with Gasteiger partial charge in [-0.15, -0.1) is 0 Å². The van der Waals surface area contributed by atoms with Gasteiger partial charge in [0.25, 0.3) is 0 Å². The van der Waals surface area contributed by atoms with E-state index in [1.54, 1.807) is 26.8 Å². The van der Waals surface area contributed by atoms with Gasteiger partial charge < -0.3 is 4.74 Å². The molecule has 0 saturated heterocycles. The van der Waals surface area contributed by atoms with Crippen LogP contribution in [0.4, 0.5) is 23.7 Å². The van der Waals surface area contributed by atoms with Crippen LogP contribution < -0.4 is 4.90 Å². The van der Waals surface area contributed by atoms with Crippen LogP contribution in [-0.4, -0.2) is 39.0 Å². The lowest BCUT2D eigenvalue weighted by Crippen LogP contribution is -2.46. The molecule has 0 spiro atoms. The molecular weight excluding hydrogens is 349 g/mol. The third kappa shape index (κ3) is 2.79. The van der Waals surface area contributed by atoms with E-state index in [1.807, 2.05) is 6.92 Å². The highest BCUT2D eigenvalue weighted by atomic mass is 19.4. The molecule has 0 radical (unpaired) electrons. The zero-order valence-electron chi connectivity index (χ0n) is 15.3. The number of nitrogens with zero attached hydrogens (tertiary/aromatic N) is 4. The second kappa shape index (κ2) is 5.59. The van der Waals surface area contributed by atoms with E-state index in [9.17, 15) is 18.0 Å². The number of carbonyl (C=O) groups excluding carboxylic acids is 1. The van der Waals surface area contributed by atoms with E-state index < -0.39 is 29.8 Å². The number of anilines is 1. The van der Waals surface area contributed by atoms with Gasteiger partial charge in [0.15, 0.2) is 5.65 Å². The number of carbonyl (C=O) groups is 1. The Hall–Kier alpha value is -2.32. The summed E-state index contributed by atoms with van der Waals surface area (Å²) in [5, 5.41) is 4.26. The van der Waals surface area contributed by atoms with E-state index in [0.717, 1.165) is 11.8 Å². The number of amides is 1. The molecule has 6 nitrogen and oxygen atoms in total. The highest BCUT2D eigenvalue weighted by Gasteiger charge is 2.61. The third-order valence-corrected chi connectivity index (χ3v) is 4.40. The molecule has 1 unspecified atom stereocenters. The summed E-state index contributed by atoms with van der Waals surface area (Å²) in [6.45, 7) is 7.33. The zero-order chi connectivity index (χ0) is 19.5. The van der Waals surface area contributed by atoms with Gasteiger partial charge in [-0.1, -0.05) is 6.92 Å². The summed E-state index contributed by atoms with van der Waals surface area (Å²) in [6, 6.07) is 1.65. The maximum Gasteiger partial charge on any atom is 0.414 e. The van der Waals surface area contributed by atoms with E-state index >= 15 is 0 Å². The molecule has 1 aliphatic rings. The molecule has 1 amide bonds. The Balaban J connectivity index is 2.21. The van der Waals surface area contributed by atoms with Gasteiger partial charge in [0.1, 0.15) is 11.0 Å². The number of fused-ring (bicyclic) bond motifs is 3. The van der Waals surface area contributed by atoms with Crippen molar-refractivity contribution < 1.29 is 22.7 Å². The second-order valence-corrected chi connectivity index (χ2v) is 7.65. The van der Waals surface area contributed by atoms with Crippen LogP contribution in [0, 0.1) is 0 Å². The SMILES string of the molecule is CCc1cc2ncc3c(n2n1)C(C)(C(F)(F)F)CN3C(=O)OC(C)(C)C. The van der Waals surface area contributed by atoms with Gasteiger partial charge in [0, 0.05) is 12.6 Å². The molecule has 1 aliphatic heterocycles. The molecular formula is C17H21F3N4O2. The van der Waals surface area contributed by atoms with Crippen LogP contribution in [0.1, 0.15) is 46.0 Å². The smallest absolute Gasteiger partial charge is 0.414 e. The minimum absolute atomic E-state index is 0.0670. The predicted molar refractivity (Wildman–Crippen MR) is 89.4 cm³/mol. The van der Waals surface area contributed by atoms with Crippen molar-refractivity contribution in [2.75, 3.05) is 11.4 Å². The minimum Gasteiger partial charge on any atom is -0.443 e. The van der Waals surface area contributed by atoms with Crippen LogP contribution in [0.25, 0.3) is 5.65 Å². The number of aryl methyl sites for hydroxylation is 1. The Bertz CT molecular complexity index is 869. The van der Waals surface area contributed by atoms with Crippen molar-refractivity contribution in [1.82, 2.24) is 14.6 Å². The number of alkyl halides is 3. The molecule has 26 heavy (non-hydrogen) atoms. The number of halogens is 3. The fourth-order valence-corrected chi connectivity index (χ4v) is 3.04. The quantitative estimate of drug-likeness (QED) is 0.765. The third-order valence-electron chi connectivity index (χ3n) is 4.40. The van der Waals surface area contributed by atoms with Crippen molar-refractivity contribution in [3.63, 3.8) is 0 Å². The van der Waals surface area contributed by atoms with Gasteiger partial charge in [-0.05, 0) is 34.1 Å². The van der Waals surface area contributed by atoms with Crippen molar-refractivity contribution in [3.8, 4) is 0 Å². The lowest BCUT2D eigenvalue weighted by Gasteiger charge is -2.29. The Kier molecular flexibility index (Phi) is 3.97. The second-order valence-electron chi connectivity index (χ2n) is 7.65. The molecule has 0 N–H and O–H groups in total. The summed E-state index contributed by atoms with van der Waals surface area (Å²) in [6.07, 6.45) is -3.56. The number of ether oxygens (including phenoxy) is 1. The highest BCUT2D eigenvalue weighted by Crippen LogP contribution is 2.50. The zero-order valence-corrected chi connectivity index (χ0v) is 15.3. The van der Waals surface area contributed by atoms with E-state index in [-0.39, 0.29) is 11.4 Å². The lowest BCUT2D eigenvalue weighted by molar-refractivity contribution is -0.181. The monoisotopic (exact) mass is 370 g/mol. The van der Waals surface area contributed by atoms with Crippen molar-refractivity contribution in [1.29, 1.82) is 0 Å². The van der Waals surface area contributed by atoms with Crippen LogP contribution in [0.2, 0.25) is 0 Å². The lowest BCUT2D eigenvalue weighted by atomic mass is 9.88. The van der Waals surface area contributed by atoms with E-state index in [1.165, 1.54) is 10.7 Å². The van der Waals surface area contributed by atoms with Crippen molar-refractivity contribution in [3.05, 3.63) is 23.7 Å². The largest absolute Gasteiger partial charge is 0.443 e. The molecule has 9 heteroatoms. The summed E-state index contributed by atoms with van der Waals surface area (Å²) in [5.41, 5.74) is -2.18. The molecule has 1 atom stereocenters. The predicted octanol–water partition coefficient (Wildman–Crippen LogP) is 3.87. The van der Waals surface area contributed by atoms with Gasteiger partial charge in [0.05, 0.1) is 23.3 Å². The van der Waals surface area contributed by atoms with Gasteiger partial charge in [-0.2, -0.15) is 18.3 Å². The minimum atomic E-state index is -4.58. The van der Waals surface area contributed by atoms with Crippen LogP contribution in [-0.2, 0) is 16.6 Å². The summed E-state index contributed by atoms with van der Waals surface area (Å²) < 4.78 is 48.4. The number of hydrogen-bond acceptors (Lipinski definition) is 4. The number of aromatic nitrogens is 3. The van der Waals surface area contributed by atoms with Gasteiger partial charge in [-0.3, -0.25) is 4.90 Å². The standard InChI is InChI=1S/C17H21F3N4O2/c1-6-10-7-12-21-8-11-13(24(12)22-10)16(5,17(18,19)20)9-23(11)14(25)26-15(2,3)4/h7-8H,6,9H2,1-5H3. The topological polar surface area (TPSA) is 59.7 Å². The first-order valence-electron chi connectivity index (χ1n) is 8.33. The van der Waals surface area contributed by atoms with Crippen LogP contribution >= 0.6 is 0 Å². The first-order valence-corrected chi connectivity index (χ1v) is 8.33. The molecule has 3 rings (SSSR count). The molecule has 0 aliphatic carbocycles. The average Bonchev–Trinajstić information content (AvgIpc) is 3.04. The first-order chi connectivity index (χ1) is 11.9.